The minimum atomic E-state index is -0.225. The predicted octanol–water partition coefficient (Wildman–Crippen LogP) is 1.29. The van der Waals surface area contributed by atoms with Gasteiger partial charge >= 0.3 is 0 Å². The summed E-state index contributed by atoms with van der Waals surface area (Å²) >= 11 is 0. The number of aliphatic hydroxyl groups excluding tert-OH is 1. The van der Waals surface area contributed by atoms with Gasteiger partial charge in [0.1, 0.15) is 0 Å². The van der Waals surface area contributed by atoms with Gasteiger partial charge in [-0.3, -0.25) is 14.8 Å². The summed E-state index contributed by atoms with van der Waals surface area (Å²) in [7, 11) is 0. The van der Waals surface area contributed by atoms with Crippen LogP contribution in [0.2, 0.25) is 0 Å². The van der Waals surface area contributed by atoms with Crippen LogP contribution in [0.1, 0.15) is 20.3 Å². The molecule has 2 aliphatic heterocycles. The number of aliphatic imine (C=N–C) groups is 1. The molecule has 1 N–H and O–H groups in total. The predicted molar refractivity (Wildman–Crippen MR) is 79.5 cm³/mol. The van der Waals surface area contributed by atoms with Gasteiger partial charge in [0.25, 0.3) is 0 Å². The van der Waals surface area contributed by atoms with Crippen LogP contribution in [0.3, 0.4) is 0 Å². The molecular formula is C15H25N3O. The lowest BCUT2D eigenvalue weighted by molar-refractivity contribution is 0.0847. The molecule has 2 heterocycles. The van der Waals surface area contributed by atoms with Gasteiger partial charge in [-0.05, 0) is 25.8 Å². The van der Waals surface area contributed by atoms with E-state index >= 15 is 0 Å². The molecule has 0 bridgehead atoms. The Morgan fingerprint density at radius 1 is 1.21 bits per heavy atom. The van der Waals surface area contributed by atoms with Crippen LogP contribution in [0.4, 0.5) is 0 Å². The smallest absolute Gasteiger partial charge is 0.0639 e. The summed E-state index contributed by atoms with van der Waals surface area (Å²) in [6.07, 6.45) is 7.19. The van der Waals surface area contributed by atoms with E-state index < -0.39 is 0 Å². The molecule has 0 aromatic rings. The molecule has 1 saturated heterocycles. The summed E-state index contributed by atoms with van der Waals surface area (Å²) in [5, 5.41) is 9.40. The van der Waals surface area contributed by atoms with E-state index in [1.54, 1.807) is 0 Å². The first kappa shape index (κ1) is 14.4. The van der Waals surface area contributed by atoms with Crippen LogP contribution in [0, 0.1) is 0 Å². The zero-order valence-corrected chi connectivity index (χ0v) is 12.0. The third-order valence-electron chi connectivity index (χ3n) is 3.62. The van der Waals surface area contributed by atoms with Crippen molar-refractivity contribution >= 4 is 6.21 Å². The maximum atomic E-state index is 9.40. The SMILES string of the molecule is CC1=CCC=C(CN2CCN(CC(C)O)CC2)C=N1. The zero-order chi connectivity index (χ0) is 13.7. The summed E-state index contributed by atoms with van der Waals surface area (Å²) in [6, 6.07) is 0. The number of nitrogens with zero attached hydrogens (tertiary/aromatic N) is 3. The lowest BCUT2D eigenvalue weighted by Crippen LogP contribution is -2.48. The van der Waals surface area contributed by atoms with Gasteiger partial charge in [0.05, 0.1) is 6.10 Å². The van der Waals surface area contributed by atoms with Crippen LogP contribution in [-0.2, 0) is 0 Å². The second-order valence-corrected chi connectivity index (χ2v) is 5.54. The Morgan fingerprint density at radius 3 is 2.58 bits per heavy atom. The molecule has 106 valence electrons. The van der Waals surface area contributed by atoms with E-state index in [4.69, 9.17) is 0 Å². The maximum Gasteiger partial charge on any atom is 0.0639 e. The lowest BCUT2D eigenvalue weighted by Gasteiger charge is -2.35. The first-order chi connectivity index (χ1) is 9.13. The van der Waals surface area contributed by atoms with Crippen molar-refractivity contribution in [2.75, 3.05) is 39.3 Å². The molecule has 1 atom stereocenters. The van der Waals surface area contributed by atoms with Crippen LogP contribution in [-0.4, -0.2) is 66.5 Å². The summed E-state index contributed by atoms with van der Waals surface area (Å²) in [5.41, 5.74) is 2.42. The van der Waals surface area contributed by atoms with Gasteiger partial charge in [-0.1, -0.05) is 12.2 Å². The third-order valence-corrected chi connectivity index (χ3v) is 3.62. The minimum absolute atomic E-state index is 0.225. The van der Waals surface area contributed by atoms with Crippen LogP contribution >= 0.6 is 0 Å². The molecule has 0 amide bonds. The van der Waals surface area contributed by atoms with E-state index in [2.05, 4.69) is 26.9 Å². The molecule has 0 saturated carbocycles. The fraction of sp³-hybridized carbons (Fsp3) is 0.667. The Hall–Kier alpha value is -0.970. The van der Waals surface area contributed by atoms with Crippen molar-refractivity contribution in [2.24, 2.45) is 4.99 Å². The quantitative estimate of drug-likeness (QED) is 0.831. The first-order valence-corrected chi connectivity index (χ1v) is 7.16. The van der Waals surface area contributed by atoms with Crippen molar-refractivity contribution in [1.82, 2.24) is 9.80 Å². The molecule has 1 fully saturated rings. The standard InChI is InChI=1S/C15H25N3O/c1-13-4-3-5-15(10-16-13)12-18-8-6-17(7-9-18)11-14(2)19/h4-5,10,14,19H,3,6-9,11-12H2,1-2H3. The average Bonchev–Trinajstić information content (AvgIpc) is 2.56. The number of aliphatic hydroxyl groups is 1. The highest BCUT2D eigenvalue weighted by atomic mass is 16.3. The molecule has 0 radical (unpaired) electrons. The van der Waals surface area contributed by atoms with Gasteiger partial charge in [0.15, 0.2) is 0 Å². The monoisotopic (exact) mass is 263 g/mol. The fourth-order valence-electron chi connectivity index (χ4n) is 2.54. The van der Waals surface area contributed by atoms with E-state index in [-0.39, 0.29) is 6.10 Å². The minimum Gasteiger partial charge on any atom is -0.392 e. The number of hydrogen-bond donors (Lipinski definition) is 1. The molecular weight excluding hydrogens is 238 g/mol. The molecule has 4 heteroatoms. The Bertz CT molecular complexity index is 377. The second kappa shape index (κ2) is 6.98. The van der Waals surface area contributed by atoms with Crippen LogP contribution in [0.25, 0.3) is 0 Å². The normalized spacial score (nSPS) is 23.7. The molecule has 2 aliphatic rings. The van der Waals surface area contributed by atoms with E-state index in [0.29, 0.717) is 0 Å². The Balaban J connectivity index is 1.77. The Kier molecular flexibility index (Phi) is 5.31. The average molecular weight is 263 g/mol. The van der Waals surface area contributed by atoms with Gasteiger partial charge in [-0.25, -0.2) is 0 Å². The van der Waals surface area contributed by atoms with E-state index in [0.717, 1.165) is 51.4 Å². The van der Waals surface area contributed by atoms with Crippen molar-refractivity contribution in [1.29, 1.82) is 0 Å². The molecule has 4 nitrogen and oxygen atoms in total. The van der Waals surface area contributed by atoms with Gasteiger partial charge in [-0.15, -0.1) is 0 Å². The highest BCUT2D eigenvalue weighted by Crippen LogP contribution is 2.10. The molecule has 0 aromatic carbocycles. The molecule has 0 aromatic heterocycles. The Labute approximate surface area is 116 Å². The van der Waals surface area contributed by atoms with Crippen molar-refractivity contribution in [3.8, 4) is 0 Å². The molecule has 0 aliphatic carbocycles. The zero-order valence-electron chi connectivity index (χ0n) is 12.0. The summed E-state index contributed by atoms with van der Waals surface area (Å²) < 4.78 is 0. The molecule has 2 rings (SSSR count). The van der Waals surface area contributed by atoms with E-state index in [1.807, 2.05) is 20.1 Å². The van der Waals surface area contributed by atoms with Crippen molar-refractivity contribution in [2.45, 2.75) is 26.4 Å². The van der Waals surface area contributed by atoms with Crippen molar-refractivity contribution < 1.29 is 5.11 Å². The van der Waals surface area contributed by atoms with Crippen LogP contribution in [0.15, 0.2) is 28.4 Å². The molecule has 19 heavy (non-hydrogen) atoms. The van der Waals surface area contributed by atoms with Crippen LogP contribution in [0.5, 0.6) is 0 Å². The fourth-order valence-corrected chi connectivity index (χ4v) is 2.54. The summed E-state index contributed by atoms with van der Waals surface area (Å²) in [5.74, 6) is 0. The first-order valence-electron chi connectivity index (χ1n) is 7.16. The maximum absolute atomic E-state index is 9.40. The van der Waals surface area contributed by atoms with Gasteiger partial charge < -0.3 is 5.11 Å². The van der Waals surface area contributed by atoms with Crippen molar-refractivity contribution in [3.05, 3.63) is 23.4 Å². The lowest BCUT2D eigenvalue weighted by atomic mass is 10.2. The van der Waals surface area contributed by atoms with Gasteiger partial charge in [-0.2, -0.15) is 0 Å². The molecule has 0 spiro atoms. The summed E-state index contributed by atoms with van der Waals surface area (Å²) in [6.45, 7) is 9.93. The molecule has 1 unspecified atom stereocenters. The summed E-state index contributed by atoms with van der Waals surface area (Å²) in [4.78, 5) is 9.23. The van der Waals surface area contributed by atoms with Gasteiger partial charge in [0, 0.05) is 51.2 Å². The van der Waals surface area contributed by atoms with E-state index in [1.165, 1.54) is 5.57 Å². The third kappa shape index (κ3) is 4.90. The topological polar surface area (TPSA) is 39.1 Å². The number of hydrogen-bond acceptors (Lipinski definition) is 4. The number of piperazine rings is 1. The highest BCUT2D eigenvalue weighted by molar-refractivity contribution is 5.80. The van der Waals surface area contributed by atoms with Gasteiger partial charge in [0.2, 0.25) is 0 Å². The van der Waals surface area contributed by atoms with Crippen molar-refractivity contribution in [3.63, 3.8) is 0 Å². The number of allylic oxidation sites excluding steroid dienone is 3. The largest absolute Gasteiger partial charge is 0.392 e. The number of rotatable bonds is 4. The second-order valence-electron chi connectivity index (χ2n) is 5.54. The Morgan fingerprint density at radius 2 is 1.89 bits per heavy atom. The number of β-amino-alcohol motifs (C(OH)–C–C–N with tert-alkyl or cyclic N) is 1. The van der Waals surface area contributed by atoms with Crippen LogP contribution < -0.4 is 0 Å². The highest BCUT2D eigenvalue weighted by Gasteiger charge is 2.18. The van der Waals surface area contributed by atoms with E-state index in [9.17, 15) is 5.11 Å².